The molecule has 0 saturated carbocycles. The summed E-state index contributed by atoms with van der Waals surface area (Å²) in [6.07, 6.45) is 5.34. The summed E-state index contributed by atoms with van der Waals surface area (Å²) >= 11 is 0. The monoisotopic (exact) mass is 503 g/mol. The number of hydrogen-bond acceptors (Lipinski definition) is 7. The van der Waals surface area contributed by atoms with Gasteiger partial charge in [0.2, 0.25) is 0 Å². The molecule has 1 atom stereocenters. The van der Waals surface area contributed by atoms with Crippen LogP contribution < -0.4 is 10.6 Å². The minimum absolute atomic E-state index is 0.0417. The number of carbonyl (C=O) groups is 1. The Labute approximate surface area is 215 Å². The van der Waals surface area contributed by atoms with Gasteiger partial charge in [-0.2, -0.15) is 4.98 Å². The van der Waals surface area contributed by atoms with Crippen LogP contribution in [0, 0.1) is 20.8 Å². The first kappa shape index (κ1) is 24.7. The van der Waals surface area contributed by atoms with Crippen molar-refractivity contribution in [2.45, 2.75) is 60.1 Å². The van der Waals surface area contributed by atoms with Crippen molar-refractivity contribution in [3.63, 3.8) is 0 Å². The number of piperazine rings is 1. The largest absolute Gasteiger partial charge is 0.444 e. The molecule has 0 spiro atoms. The Balaban J connectivity index is 1.45. The second kappa shape index (κ2) is 8.86. The summed E-state index contributed by atoms with van der Waals surface area (Å²) in [6, 6.07) is 3.96. The van der Waals surface area contributed by atoms with Crippen molar-refractivity contribution >= 4 is 23.1 Å². The van der Waals surface area contributed by atoms with Crippen molar-refractivity contribution in [3.05, 3.63) is 58.0 Å². The summed E-state index contributed by atoms with van der Waals surface area (Å²) in [4.78, 5) is 43.3. The van der Waals surface area contributed by atoms with E-state index in [1.165, 1.54) is 4.40 Å². The van der Waals surface area contributed by atoms with Crippen molar-refractivity contribution in [1.82, 2.24) is 28.7 Å². The summed E-state index contributed by atoms with van der Waals surface area (Å²) in [6.45, 7) is 15.3. The van der Waals surface area contributed by atoms with E-state index < -0.39 is 5.60 Å². The maximum atomic E-state index is 13.2. The van der Waals surface area contributed by atoms with Crippen LogP contribution in [0.2, 0.25) is 0 Å². The summed E-state index contributed by atoms with van der Waals surface area (Å²) in [5.41, 5.74) is 4.96. The summed E-state index contributed by atoms with van der Waals surface area (Å²) in [5, 5.41) is 0. The van der Waals surface area contributed by atoms with Gasteiger partial charge in [-0.15, -0.1) is 0 Å². The van der Waals surface area contributed by atoms with Crippen molar-refractivity contribution in [2.75, 3.05) is 24.5 Å². The highest BCUT2D eigenvalue weighted by atomic mass is 16.6. The molecule has 1 unspecified atom stereocenters. The molecule has 194 valence electrons. The standard InChI is InChI=1S/C27H33N7O3/c1-16-10-20(14-32-12-18(3)28-23(16)32)22-29-24-17(2)11-21(15-34(24)25(35)30-22)31-8-9-33(19(4)13-31)26(36)37-27(5,6)7/h10-12,14-15,19H,8-9,13H2,1-7H3. The van der Waals surface area contributed by atoms with E-state index in [2.05, 4.69) is 14.9 Å². The van der Waals surface area contributed by atoms with Gasteiger partial charge in [-0.1, -0.05) is 0 Å². The van der Waals surface area contributed by atoms with Crippen LogP contribution in [0.5, 0.6) is 0 Å². The number of anilines is 1. The van der Waals surface area contributed by atoms with Gasteiger partial charge < -0.3 is 18.9 Å². The third kappa shape index (κ3) is 4.75. The SMILES string of the molecule is Cc1cn2cc(-c3nc(=O)n4cc(N5CCN(C(=O)OC(C)(C)C)C(C)C5)cc(C)c4n3)cc(C)c2n1. The molecule has 1 aliphatic rings. The molecule has 1 aliphatic heterocycles. The maximum absolute atomic E-state index is 13.2. The topological polar surface area (TPSA) is 97.3 Å². The first-order valence-electron chi connectivity index (χ1n) is 12.5. The number of rotatable bonds is 2. The fourth-order valence-electron chi connectivity index (χ4n) is 4.86. The zero-order chi connectivity index (χ0) is 26.6. The number of amides is 1. The number of nitrogens with zero attached hydrogens (tertiary/aromatic N) is 7. The predicted molar refractivity (Wildman–Crippen MR) is 142 cm³/mol. The van der Waals surface area contributed by atoms with Crippen LogP contribution in [0.15, 0.2) is 35.5 Å². The molecular weight excluding hydrogens is 470 g/mol. The molecule has 4 aromatic heterocycles. The zero-order valence-electron chi connectivity index (χ0n) is 22.4. The molecule has 0 bridgehead atoms. The quantitative estimate of drug-likeness (QED) is 0.411. The number of pyridine rings is 2. The molecule has 5 heterocycles. The van der Waals surface area contributed by atoms with Crippen LogP contribution in [-0.2, 0) is 4.74 Å². The highest BCUT2D eigenvalue weighted by Gasteiger charge is 2.31. The number of aryl methyl sites for hydroxylation is 3. The molecule has 0 aliphatic carbocycles. The van der Waals surface area contributed by atoms with Crippen molar-refractivity contribution < 1.29 is 9.53 Å². The first-order valence-corrected chi connectivity index (χ1v) is 12.5. The van der Waals surface area contributed by atoms with Gasteiger partial charge in [0, 0.05) is 49.8 Å². The van der Waals surface area contributed by atoms with Crippen LogP contribution in [0.4, 0.5) is 10.5 Å². The van der Waals surface area contributed by atoms with Crippen LogP contribution >= 0.6 is 0 Å². The summed E-state index contributed by atoms with van der Waals surface area (Å²) < 4.78 is 9.01. The molecule has 0 N–H and O–H groups in total. The highest BCUT2D eigenvalue weighted by Crippen LogP contribution is 2.25. The smallest absolute Gasteiger partial charge is 0.410 e. The molecule has 1 saturated heterocycles. The Hall–Kier alpha value is -3.95. The zero-order valence-corrected chi connectivity index (χ0v) is 22.4. The molecule has 0 aromatic carbocycles. The molecule has 4 aromatic rings. The van der Waals surface area contributed by atoms with Gasteiger partial charge >= 0.3 is 11.8 Å². The van der Waals surface area contributed by atoms with Crippen LogP contribution in [0.1, 0.15) is 44.5 Å². The molecule has 10 heteroatoms. The Morgan fingerprint density at radius 1 is 0.973 bits per heavy atom. The van der Waals surface area contributed by atoms with Gasteiger partial charge in [-0.3, -0.25) is 0 Å². The lowest BCUT2D eigenvalue weighted by Crippen LogP contribution is -2.55. The highest BCUT2D eigenvalue weighted by molar-refractivity contribution is 5.69. The Bertz CT molecular complexity index is 1580. The molecule has 5 rings (SSSR count). The maximum Gasteiger partial charge on any atom is 0.410 e. The minimum Gasteiger partial charge on any atom is -0.444 e. The number of fused-ring (bicyclic) bond motifs is 2. The molecule has 1 amide bonds. The number of imidazole rings is 1. The Morgan fingerprint density at radius 2 is 1.70 bits per heavy atom. The summed E-state index contributed by atoms with van der Waals surface area (Å²) in [5.74, 6) is 0.386. The number of ether oxygens (including phenoxy) is 1. The van der Waals surface area contributed by atoms with Gasteiger partial charge in [0.05, 0.1) is 11.4 Å². The van der Waals surface area contributed by atoms with Crippen molar-refractivity contribution in [1.29, 1.82) is 0 Å². The van der Waals surface area contributed by atoms with E-state index >= 15 is 0 Å². The van der Waals surface area contributed by atoms with Gasteiger partial charge in [0.15, 0.2) is 5.82 Å². The lowest BCUT2D eigenvalue weighted by Gasteiger charge is -2.41. The Kier molecular flexibility index (Phi) is 5.92. The fraction of sp³-hybridized carbons (Fsp3) is 0.444. The second-order valence-electron chi connectivity index (χ2n) is 10.9. The van der Waals surface area contributed by atoms with E-state index in [1.54, 1.807) is 11.1 Å². The average molecular weight is 504 g/mol. The minimum atomic E-state index is -0.536. The molecule has 37 heavy (non-hydrogen) atoms. The van der Waals surface area contributed by atoms with E-state index in [4.69, 9.17) is 9.72 Å². The molecular formula is C27H33N7O3. The molecule has 10 nitrogen and oxygen atoms in total. The van der Waals surface area contributed by atoms with Gasteiger partial charge in [-0.25, -0.2) is 24.0 Å². The van der Waals surface area contributed by atoms with Gasteiger partial charge in [0.1, 0.15) is 16.9 Å². The molecule has 0 radical (unpaired) electrons. The van der Waals surface area contributed by atoms with Gasteiger partial charge in [-0.05, 0) is 71.7 Å². The fourth-order valence-corrected chi connectivity index (χ4v) is 4.86. The van der Waals surface area contributed by atoms with Gasteiger partial charge in [0.25, 0.3) is 0 Å². The van der Waals surface area contributed by atoms with E-state index in [-0.39, 0.29) is 17.8 Å². The lowest BCUT2D eigenvalue weighted by molar-refractivity contribution is 0.0159. The van der Waals surface area contributed by atoms with E-state index in [1.807, 2.05) is 77.4 Å². The van der Waals surface area contributed by atoms with Crippen LogP contribution in [-0.4, -0.2) is 66.0 Å². The van der Waals surface area contributed by atoms with E-state index in [9.17, 15) is 9.59 Å². The van der Waals surface area contributed by atoms with Crippen LogP contribution in [0.3, 0.4) is 0 Å². The van der Waals surface area contributed by atoms with E-state index in [0.29, 0.717) is 31.1 Å². The Morgan fingerprint density at radius 3 is 2.41 bits per heavy atom. The lowest BCUT2D eigenvalue weighted by atomic mass is 10.1. The second-order valence-corrected chi connectivity index (χ2v) is 10.9. The number of carbonyl (C=O) groups excluding carboxylic acids is 1. The third-order valence-corrected chi connectivity index (χ3v) is 6.56. The normalized spacial score (nSPS) is 16.6. The van der Waals surface area contributed by atoms with Crippen molar-refractivity contribution in [2.24, 2.45) is 0 Å². The number of hydrogen-bond donors (Lipinski definition) is 0. The number of aromatic nitrogens is 5. The average Bonchev–Trinajstić information content (AvgIpc) is 3.19. The van der Waals surface area contributed by atoms with Crippen molar-refractivity contribution in [3.8, 4) is 11.4 Å². The van der Waals surface area contributed by atoms with E-state index in [0.717, 1.165) is 33.7 Å². The van der Waals surface area contributed by atoms with Crippen LogP contribution in [0.25, 0.3) is 22.7 Å². The summed E-state index contributed by atoms with van der Waals surface area (Å²) in [7, 11) is 0. The third-order valence-electron chi connectivity index (χ3n) is 6.56. The first-order chi connectivity index (χ1) is 17.4. The molecule has 1 fully saturated rings. The predicted octanol–water partition coefficient (Wildman–Crippen LogP) is 3.78.